The van der Waals surface area contributed by atoms with Gasteiger partial charge in [0.15, 0.2) is 11.9 Å². The van der Waals surface area contributed by atoms with E-state index in [1.54, 1.807) is 42.5 Å². The Balaban J connectivity index is 1.53. The number of fused-ring (bicyclic) bond motifs is 1. The zero-order valence-electron chi connectivity index (χ0n) is 19.2. The number of carboxylic acids is 1. The highest BCUT2D eigenvalue weighted by molar-refractivity contribution is 7.21. The van der Waals surface area contributed by atoms with Crippen molar-refractivity contribution in [2.75, 3.05) is 31.3 Å². The quantitative estimate of drug-likeness (QED) is 0.302. The van der Waals surface area contributed by atoms with E-state index >= 15 is 0 Å². The SMILES string of the molecule is CN(C)CC=CC(=O)Nc1ccc(-c2nc3c(N[C@H](C(=O)O)c4ccccc4)ncnc3s2)cc1. The lowest BCUT2D eigenvalue weighted by atomic mass is 10.1. The van der Waals surface area contributed by atoms with Crippen LogP contribution in [0.4, 0.5) is 11.5 Å². The molecule has 0 unspecified atom stereocenters. The highest BCUT2D eigenvalue weighted by Gasteiger charge is 2.22. The third-order valence-corrected chi connectivity index (χ3v) is 6.01. The Morgan fingerprint density at radius 3 is 2.51 bits per heavy atom. The van der Waals surface area contributed by atoms with Crippen molar-refractivity contribution < 1.29 is 14.7 Å². The summed E-state index contributed by atoms with van der Waals surface area (Å²) in [5.41, 5.74) is 2.62. The smallest absolute Gasteiger partial charge is 0.330 e. The average Bonchev–Trinajstić information content (AvgIpc) is 3.28. The molecule has 0 fully saturated rings. The zero-order valence-corrected chi connectivity index (χ0v) is 20.0. The molecule has 0 aliphatic rings. The number of aromatic nitrogens is 3. The van der Waals surface area contributed by atoms with Gasteiger partial charge in [-0.2, -0.15) is 0 Å². The first-order valence-corrected chi connectivity index (χ1v) is 11.6. The van der Waals surface area contributed by atoms with Crippen molar-refractivity contribution >= 4 is 45.1 Å². The molecule has 0 radical (unpaired) electrons. The summed E-state index contributed by atoms with van der Waals surface area (Å²) >= 11 is 1.38. The Kier molecular flexibility index (Phi) is 7.44. The summed E-state index contributed by atoms with van der Waals surface area (Å²) in [5, 5.41) is 16.3. The first-order valence-electron chi connectivity index (χ1n) is 10.8. The summed E-state index contributed by atoms with van der Waals surface area (Å²) in [6, 6.07) is 15.3. The maximum atomic E-state index is 12.1. The lowest BCUT2D eigenvalue weighted by Crippen LogP contribution is -2.21. The monoisotopic (exact) mass is 488 g/mol. The van der Waals surface area contributed by atoms with Crippen LogP contribution in [-0.2, 0) is 9.59 Å². The zero-order chi connectivity index (χ0) is 24.8. The van der Waals surface area contributed by atoms with E-state index < -0.39 is 12.0 Å². The predicted molar refractivity (Wildman–Crippen MR) is 137 cm³/mol. The summed E-state index contributed by atoms with van der Waals surface area (Å²) in [4.78, 5) is 39.8. The Morgan fingerprint density at radius 1 is 1.09 bits per heavy atom. The lowest BCUT2D eigenvalue weighted by molar-refractivity contribution is -0.138. The van der Waals surface area contributed by atoms with E-state index in [2.05, 4.69) is 25.6 Å². The molecular formula is C25H24N6O3S. The largest absolute Gasteiger partial charge is 0.479 e. The van der Waals surface area contributed by atoms with Gasteiger partial charge in [-0.3, -0.25) is 4.79 Å². The van der Waals surface area contributed by atoms with Crippen molar-refractivity contribution in [1.82, 2.24) is 19.9 Å². The standard InChI is InChI=1S/C25H24N6O3S/c1-31(2)14-6-9-19(32)28-18-12-10-17(11-13-18)23-30-21-22(26-15-27-24(21)35-23)29-20(25(33)34)16-7-4-3-5-8-16/h3-13,15,20H,14H2,1-2H3,(H,28,32)(H,33,34)(H,26,27,29)/t20-/m0/s1. The van der Waals surface area contributed by atoms with Crippen LogP contribution in [0.2, 0.25) is 0 Å². The fourth-order valence-electron chi connectivity index (χ4n) is 3.30. The number of carbonyl (C=O) groups is 2. The van der Waals surface area contributed by atoms with Crippen LogP contribution in [0.5, 0.6) is 0 Å². The number of amides is 1. The number of hydrogen-bond acceptors (Lipinski definition) is 8. The molecule has 0 aliphatic carbocycles. The number of thiazole rings is 1. The first-order chi connectivity index (χ1) is 16.9. The fraction of sp³-hybridized carbons (Fsp3) is 0.160. The Labute approximate surface area is 206 Å². The van der Waals surface area contributed by atoms with E-state index in [9.17, 15) is 14.7 Å². The van der Waals surface area contributed by atoms with Crippen LogP contribution in [0, 0.1) is 0 Å². The third-order valence-electron chi connectivity index (χ3n) is 5.00. The van der Waals surface area contributed by atoms with Gasteiger partial charge in [0.05, 0.1) is 0 Å². The van der Waals surface area contributed by atoms with Gasteiger partial charge in [0.25, 0.3) is 0 Å². The Bertz CT molecular complexity index is 1350. The summed E-state index contributed by atoms with van der Waals surface area (Å²) < 4.78 is 0. The highest BCUT2D eigenvalue weighted by atomic mass is 32.1. The number of nitrogens with zero attached hydrogens (tertiary/aromatic N) is 4. The lowest BCUT2D eigenvalue weighted by Gasteiger charge is -2.15. The molecule has 0 bridgehead atoms. The van der Waals surface area contributed by atoms with E-state index in [1.165, 1.54) is 23.7 Å². The predicted octanol–water partition coefficient (Wildman–Crippen LogP) is 4.05. The number of carbonyl (C=O) groups excluding carboxylic acids is 1. The molecule has 2 heterocycles. The number of aliphatic carboxylic acids is 1. The van der Waals surface area contributed by atoms with Crippen molar-refractivity contribution in [1.29, 1.82) is 0 Å². The van der Waals surface area contributed by atoms with Crippen molar-refractivity contribution in [3.05, 3.63) is 78.6 Å². The van der Waals surface area contributed by atoms with Crippen LogP contribution < -0.4 is 10.6 Å². The van der Waals surface area contributed by atoms with Crippen LogP contribution in [0.1, 0.15) is 11.6 Å². The second-order valence-corrected chi connectivity index (χ2v) is 8.93. The van der Waals surface area contributed by atoms with Crippen molar-refractivity contribution in [3.8, 4) is 10.6 Å². The molecule has 1 amide bonds. The number of likely N-dealkylation sites (N-methyl/N-ethyl adjacent to an activating group) is 1. The number of carboxylic acid groups (broad SMARTS) is 1. The average molecular weight is 489 g/mol. The summed E-state index contributed by atoms with van der Waals surface area (Å²) in [5.74, 6) is -0.869. The number of nitrogens with one attached hydrogen (secondary N) is 2. The molecule has 0 aliphatic heterocycles. The topological polar surface area (TPSA) is 120 Å². The molecule has 10 heteroatoms. The van der Waals surface area contributed by atoms with Gasteiger partial charge < -0.3 is 20.6 Å². The van der Waals surface area contributed by atoms with Gasteiger partial charge in [-0.25, -0.2) is 19.7 Å². The van der Waals surface area contributed by atoms with Crippen molar-refractivity contribution in [3.63, 3.8) is 0 Å². The van der Waals surface area contributed by atoms with Gasteiger partial charge in [-0.1, -0.05) is 47.7 Å². The minimum atomic E-state index is -1.02. The van der Waals surface area contributed by atoms with E-state index in [-0.39, 0.29) is 5.91 Å². The van der Waals surface area contributed by atoms with E-state index in [0.29, 0.717) is 39.0 Å². The molecule has 178 valence electrons. The fourth-order valence-corrected chi connectivity index (χ4v) is 4.22. The number of anilines is 2. The number of benzene rings is 2. The minimum absolute atomic E-state index is 0.197. The Hall–Kier alpha value is -4.15. The van der Waals surface area contributed by atoms with Gasteiger partial charge in [0.2, 0.25) is 5.91 Å². The molecule has 0 spiro atoms. The van der Waals surface area contributed by atoms with E-state index in [0.717, 1.165) is 5.56 Å². The van der Waals surface area contributed by atoms with Gasteiger partial charge in [-0.15, -0.1) is 0 Å². The first kappa shape index (κ1) is 24.0. The van der Waals surface area contributed by atoms with Gasteiger partial charge in [0, 0.05) is 23.9 Å². The molecule has 3 N–H and O–H groups in total. The second kappa shape index (κ2) is 10.9. The van der Waals surface area contributed by atoms with Crippen molar-refractivity contribution in [2.45, 2.75) is 6.04 Å². The summed E-state index contributed by atoms with van der Waals surface area (Å²) in [7, 11) is 3.86. The van der Waals surface area contributed by atoms with Crippen LogP contribution >= 0.6 is 11.3 Å². The van der Waals surface area contributed by atoms with Crippen LogP contribution in [0.3, 0.4) is 0 Å². The molecule has 9 nitrogen and oxygen atoms in total. The molecule has 1 atom stereocenters. The summed E-state index contributed by atoms with van der Waals surface area (Å²) in [6.07, 6.45) is 4.69. The van der Waals surface area contributed by atoms with Gasteiger partial charge >= 0.3 is 5.97 Å². The van der Waals surface area contributed by atoms with Crippen LogP contribution in [0.25, 0.3) is 20.9 Å². The van der Waals surface area contributed by atoms with E-state index in [4.69, 9.17) is 0 Å². The molecule has 0 saturated carbocycles. The maximum Gasteiger partial charge on any atom is 0.330 e. The molecule has 2 aromatic carbocycles. The molecule has 2 aromatic heterocycles. The van der Waals surface area contributed by atoms with Gasteiger partial charge in [-0.05, 0) is 43.9 Å². The molecule has 35 heavy (non-hydrogen) atoms. The molecule has 0 saturated heterocycles. The van der Waals surface area contributed by atoms with Crippen LogP contribution in [-0.4, -0.2) is 57.5 Å². The number of hydrogen-bond donors (Lipinski definition) is 3. The Morgan fingerprint density at radius 2 is 1.83 bits per heavy atom. The third kappa shape index (κ3) is 6.05. The highest BCUT2D eigenvalue weighted by Crippen LogP contribution is 2.33. The molecule has 4 rings (SSSR count). The summed E-state index contributed by atoms with van der Waals surface area (Å²) in [6.45, 7) is 0.683. The van der Waals surface area contributed by atoms with Gasteiger partial charge in [0.1, 0.15) is 21.7 Å². The molecule has 4 aromatic rings. The minimum Gasteiger partial charge on any atom is -0.479 e. The van der Waals surface area contributed by atoms with Crippen molar-refractivity contribution in [2.24, 2.45) is 0 Å². The second-order valence-electron chi connectivity index (χ2n) is 7.95. The normalized spacial score (nSPS) is 12.2. The number of rotatable bonds is 9. The van der Waals surface area contributed by atoms with E-state index in [1.807, 2.05) is 37.2 Å². The maximum absolute atomic E-state index is 12.1. The molecular weight excluding hydrogens is 464 g/mol. The van der Waals surface area contributed by atoms with Crippen LogP contribution in [0.15, 0.2) is 73.1 Å².